The molecule has 31 heavy (non-hydrogen) atoms. The summed E-state index contributed by atoms with van der Waals surface area (Å²) in [4.78, 5) is 44.1. The molecule has 0 saturated carbocycles. The molecule has 0 spiro atoms. The Kier molecular flexibility index (Phi) is 5.24. The largest absolute Gasteiger partial charge is 0.503 e. The van der Waals surface area contributed by atoms with Crippen LogP contribution in [0.5, 0.6) is 0 Å². The van der Waals surface area contributed by atoms with E-state index in [4.69, 9.17) is 13.6 Å². The molecule has 1 aliphatic heterocycles. The Morgan fingerprint density at radius 3 is 2.68 bits per heavy atom. The lowest BCUT2D eigenvalue weighted by Gasteiger charge is -2.21. The zero-order valence-electron chi connectivity index (χ0n) is 16.9. The minimum atomic E-state index is -1.08. The van der Waals surface area contributed by atoms with Crippen LogP contribution in [0.3, 0.4) is 0 Å². The quantitative estimate of drug-likeness (QED) is 0.450. The van der Waals surface area contributed by atoms with Crippen LogP contribution in [0.1, 0.15) is 50.4 Å². The van der Waals surface area contributed by atoms with Gasteiger partial charge in [-0.2, -0.15) is 0 Å². The molecule has 160 valence electrons. The number of anilines is 1. The van der Waals surface area contributed by atoms with Crippen molar-refractivity contribution in [2.24, 2.45) is 0 Å². The topological polar surface area (TPSA) is 123 Å². The fourth-order valence-electron chi connectivity index (χ4n) is 3.31. The van der Waals surface area contributed by atoms with Gasteiger partial charge in [0.2, 0.25) is 5.78 Å². The Morgan fingerprint density at radius 1 is 1.29 bits per heavy atom. The van der Waals surface area contributed by atoms with E-state index in [1.54, 1.807) is 39.0 Å². The molecular weight excluding hydrogens is 424 g/mol. The number of hydrogen-bond donors (Lipinski definition) is 1. The first-order chi connectivity index (χ1) is 14.8. The average Bonchev–Trinajstić information content (AvgIpc) is 3.50. The van der Waals surface area contributed by atoms with E-state index >= 15 is 0 Å². The van der Waals surface area contributed by atoms with Gasteiger partial charge in [0.25, 0.3) is 5.91 Å². The maximum absolute atomic E-state index is 13.1. The molecule has 3 aromatic heterocycles. The van der Waals surface area contributed by atoms with Crippen molar-refractivity contribution in [2.75, 3.05) is 11.5 Å². The van der Waals surface area contributed by atoms with Crippen LogP contribution in [-0.2, 0) is 9.53 Å². The Labute approximate surface area is 180 Å². The molecule has 0 aromatic carbocycles. The van der Waals surface area contributed by atoms with E-state index in [9.17, 15) is 19.5 Å². The molecule has 0 bridgehead atoms. The summed E-state index contributed by atoms with van der Waals surface area (Å²) in [5.74, 6) is -2.05. The Morgan fingerprint density at radius 2 is 2.06 bits per heavy atom. The van der Waals surface area contributed by atoms with Crippen LogP contribution in [0.15, 0.2) is 50.7 Å². The number of rotatable bonds is 6. The van der Waals surface area contributed by atoms with Gasteiger partial charge in [-0.1, -0.05) is 11.3 Å². The van der Waals surface area contributed by atoms with Crippen molar-refractivity contribution < 1.29 is 33.1 Å². The summed E-state index contributed by atoms with van der Waals surface area (Å²) in [5.41, 5.74) is 0.171. The number of Topliss-reactive ketones (excluding diaryl/α,β-unsaturated/α-hetero) is 1. The fourth-order valence-corrected chi connectivity index (χ4v) is 4.30. The number of aromatic nitrogens is 1. The number of aryl methyl sites for hydroxylation is 2. The third kappa shape index (κ3) is 3.44. The number of esters is 1. The van der Waals surface area contributed by atoms with Gasteiger partial charge >= 0.3 is 5.97 Å². The fraction of sp³-hybridized carbons (Fsp3) is 0.238. The maximum atomic E-state index is 13.1. The van der Waals surface area contributed by atoms with Crippen LogP contribution < -0.4 is 4.90 Å². The van der Waals surface area contributed by atoms with Crippen LogP contribution in [-0.4, -0.2) is 34.4 Å². The van der Waals surface area contributed by atoms with E-state index in [-0.39, 0.29) is 33.7 Å². The highest BCUT2D eigenvalue weighted by Crippen LogP contribution is 2.44. The number of ketones is 1. The summed E-state index contributed by atoms with van der Waals surface area (Å²) in [7, 11) is 0. The standard InChI is InChI=1S/C21H18N2O7S/c1-4-28-20(27)18-11(3)22-21(31-18)23-15(12-6-5-9-29-12)14(17(25)19(23)26)16(24)13-8-7-10(2)30-13/h5-9,15,25H,4H2,1-3H3/t15-/m1/s1. The average molecular weight is 442 g/mol. The van der Waals surface area contributed by atoms with Crippen molar-refractivity contribution in [2.45, 2.75) is 26.8 Å². The molecular formula is C21H18N2O7S. The van der Waals surface area contributed by atoms with Crippen molar-refractivity contribution >= 4 is 34.1 Å². The second kappa shape index (κ2) is 7.88. The summed E-state index contributed by atoms with van der Waals surface area (Å²) >= 11 is 0.931. The van der Waals surface area contributed by atoms with Crippen LogP contribution in [0.25, 0.3) is 0 Å². The van der Waals surface area contributed by atoms with Gasteiger partial charge in [0.1, 0.15) is 22.4 Å². The lowest BCUT2D eigenvalue weighted by molar-refractivity contribution is -0.117. The smallest absolute Gasteiger partial charge is 0.350 e. The lowest BCUT2D eigenvalue weighted by Crippen LogP contribution is -2.30. The monoisotopic (exact) mass is 442 g/mol. The highest BCUT2D eigenvalue weighted by Gasteiger charge is 2.48. The molecule has 1 N–H and O–H groups in total. The number of amides is 1. The Balaban J connectivity index is 1.81. The molecule has 10 heteroatoms. The van der Waals surface area contributed by atoms with Gasteiger partial charge in [0.05, 0.1) is 24.1 Å². The highest BCUT2D eigenvalue weighted by atomic mass is 32.1. The number of thiazole rings is 1. The number of aliphatic hydroxyl groups excluding tert-OH is 1. The van der Waals surface area contributed by atoms with Crippen LogP contribution in [0.2, 0.25) is 0 Å². The van der Waals surface area contributed by atoms with Crippen LogP contribution in [0, 0.1) is 13.8 Å². The van der Waals surface area contributed by atoms with Crippen molar-refractivity contribution in [3.05, 3.63) is 69.7 Å². The normalized spacial score (nSPS) is 16.3. The van der Waals surface area contributed by atoms with Crippen molar-refractivity contribution in [1.82, 2.24) is 4.98 Å². The second-order valence-corrected chi connectivity index (χ2v) is 7.70. The molecule has 1 atom stereocenters. The van der Waals surface area contributed by atoms with Gasteiger partial charge in [-0.25, -0.2) is 9.78 Å². The maximum Gasteiger partial charge on any atom is 0.350 e. The van der Waals surface area contributed by atoms with Crippen LogP contribution in [0.4, 0.5) is 5.13 Å². The third-order valence-electron chi connectivity index (χ3n) is 4.68. The Hall–Kier alpha value is -3.66. The Bertz CT molecular complexity index is 1200. The molecule has 1 amide bonds. The van der Waals surface area contributed by atoms with Gasteiger partial charge in [-0.05, 0) is 45.0 Å². The molecule has 4 rings (SSSR count). The summed E-state index contributed by atoms with van der Waals surface area (Å²) in [6.07, 6.45) is 1.39. The number of hydrogen-bond acceptors (Lipinski definition) is 9. The molecule has 0 fully saturated rings. The van der Waals surface area contributed by atoms with E-state index in [0.717, 1.165) is 16.2 Å². The first-order valence-corrected chi connectivity index (χ1v) is 10.2. The van der Waals surface area contributed by atoms with Gasteiger partial charge in [-0.3, -0.25) is 14.5 Å². The van der Waals surface area contributed by atoms with Gasteiger partial charge < -0.3 is 18.7 Å². The molecule has 3 aromatic rings. The highest BCUT2D eigenvalue weighted by molar-refractivity contribution is 7.17. The number of aliphatic hydroxyl groups is 1. The first kappa shape index (κ1) is 20.6. The SMILES string of the molecule is CCOC(=O)c1sc(N2C(=O)C(O)=C(C(=O)c3ccc(C)o3)[C@H]2c2ccco2)nc1C. The zero-order chi connectivity index (χ0) is 22.3. The molecule has 1 aliphatic rings. The molecule has 9 nitrogen and oxygen atoms in total. The van der Waals surface area contributed by atoms with Crippen molar-refractivity contribution in [1.29, 1.82) is 0 Å². The number of carbonyl (C=O) groups excluding carboxylic acids is 3. The predicted molar refractivity (Wildman–Crippen MR) is 109 cm³/mol. The molecule has 4 heterocycles. The summed E-state index contributed by atoms with van der Waals surface area (Å²) in [6, 6.07) is 5.18. The number of carbonyl (C=O) groups is 3. The van der Waals surface area contributed by atoms with E-state index < -0.39 is 29.5 Å². The van der Waals surface area contributed by atoms with Crippen molar-refractivity contribution in [3.8, 4) is 0 Å². The number of nitrogens with zero attached hydrogens (tertiary/aromatic N) is 2. The molecule has 0 aliphatic carbocycles. The molecule has 0 saturated heterocycles. The third-order valence-corrected chi connectivity index (χ3v) is 5.82. The van der Waals surface area contributed by atoms with E-state index in [2.05, 4.69) is 4.98 Å². The van der Waals surface area contributed by atoms with Gasteiger partial charge in [0, 0.05) is 0 Å². The molecule has 0 radical (unpaired) electrons. The zero-order valence-corrected chi connectivity index (χ0v) is 17.7. The number of furan rings is 2. The van der Waals surface area contributed by atoms with Crippen LogP contribution >= 0.6 is 11.3 Å². The summed E-state index contributed by atoms with van der Waals surface area (Å²) in [6.45, 7) is 5.16. The second-order valence-electron chi connectivity index (χ2n) is 6.73. The molecule has 0 unspecified atom stereocenters. The summed E-state index contributed by atoms with van der Waals surface area (Å²) in [5, 5.41) is 10.8. The minimum absolute atomic E-state index is 0.0206. The minimum Gasteiger partial charge on any atom is -0.503 e. The van der Waals surface area contributed by atoms with Gasteiger partial charge in [0.15, 0.2) is 16.7 Å². The lowest BCUT2D eigenvalue weighted by atomic mass is 10.00. The van der Waals surface area contributed by atoms with Gasteiger partial charge in [-0.15, -0.1) is 0 Å². The number of ether oxygens (including phenoxy) is 1. The van der Waals surface area contributed by atoms with E-state index in [0.29, 0.717) is 11.5 Å². The first-order valence-electron chi connectivity index (χ1n) is 9.39. The van der Waals surface area contributed by atoms with E-state index in [1.165, 1.54) is 12.3 Å². The predicted octanol–water partition coefficient (Wildman–Crippen LogP) is 3.91. The van der Waals surface area contributed by atoms with E-state index in [1.807, 2.05) is 0 Å². The van der Waals surface area contributed by atoms with Crippen molar-refractivity contribution in [3.63, 3.8) is 0 Å². The summed E-state index contributed by atoms with van der Waals surface area (Å²) < 4.78 is 15.9.